The Kier molecular flexibility index (Phi) is 6.79. The molecular weight excluding hydrogens is 361 g/mol. The fraction of sp³-hybridized carbons (Fsp3) is 0.476. The Morgan fingerprint density at radius 2 is 1.89 bits per heavy atom. The number of hydrogen-bond acceptors (Lipinski definition) is 4. The van der Waals surface area contributed by atoms with Gasteiger partial charge in [0.05, 0.1) is 12.8 Å². The van der Waals surface area contributed by atoms with E-state index in [4.69, 9.17) is 4.74 Å². The first-order chi connectivity index (χ1) is 13.6. The maximum atomic E-state index is 13.4. The third-order valence-electron chi connectivity index (χ3n) is 5.07. The lowest BCUT2D eigenvalue weighted by Crippen LogP contribution is -2.39. The van der Waals surface area contributed by atoms with Crippen LogP contribution in [-0.2, 0) is 11.3 Å². The number of methoxy groups -OCH3 is 1. The largest absolute Gasteiger partial charge is 0.496 e. The third-order valence-corrected chi connectivity index (χ3v) is 5.07. The van der Waals surface area contributed by atoms with Gasteiger partial charge in [-0.25, -0.2) is 9.07 Å². The van der Waals surface area contributed by atoms with Crippen molar-refractivity contribution in [2.75, 3.05) is 7.11 Å². The van der Waals surface area contributed by atoms with Crippen LogP contribution >= 0.6 is 0 Å². The molecule has 1 aliphatic rings. The van der Waals surface area contributed by atoms with E-state index < -0.39 is 5.82 Å². The van der Waals surface area contributed by atoms with E-state index in [2.05, 4.69) is 10.4 Å². The van der Waals surface area contributed by atoms with E-state index in [1.165, 1.54) is 44.6 Å². The highest BCUT2D eigenvalue weighted by Gasteiger charge is 2.16. The lowest BCUT2D eigenvalue weighted by molar-refractivity contribution is -0.122. The number of benzene rings is 1. The summed E-state index contributed by atoms with van der Waals surface area (Å²) >= 11 is 0. The van der Waals surface area contributed by atoms with Crippen molar-refractivity contribution in [2.24, 2.45) is 0 Å². The Labute approximate surface area is 163 Å². The number of rotatable bonds is 5. The van der Waals surface area contributed by atoms with E-state index in [0.717, 1.165) is 30.4 Å². The molecule has 1 N–H and O–H groups in total. The van der Waals surface area contributed by atoms with Gasteiger partial charge in [-0.15, -0.1) is 0 Å². The smallest absolute Gasteiger partial charge is 0.267 e. The van der Waals surface area contributed by atoms with E-state index in [1.807, 2.05) is 0 Å². The number of nitrogens with one attached hydrogen (secondary N) is 1. The summed E-state index contributed by atoms with van der Waals surface area (Å²) in [6, 6.07) is 7.16. The first-order valence-electron chi connectivity index (χ1n) is 9.78. The minimum Gasteiger partial charge on any atom is -0.496 e. The average Bonchev–Trinajstić information content (AvgIpc) is 2.65. The Balaban J connectivity index is 1.74. The fourth-order valence-electron chi connectivity index (χ4n) is 3.59. The molecule has 6 nitrogen and oxygen atoms in total. The molecule has 1 fully saturated rings. The second kappa shape index (κ2) is 9.48. The second-order valence-electron chi connectivity index (χ2n) is 7.17. The summed E-state index contributed by atoms with van der Waals surface area (Å²) in [7, 11) is 1.44. The molecule has 1 aromatic heterocycles. The van der Waals surface area contributed by atoms with Crippen molar-refractivity contribution in [2.45, 2.75) is 57.5 Å². The maximum Gasteiger partial charge on any atom is 0.267 e. The molecule has 7 heteroatoms. The van der Waals surface area contributed by atoms with E-state index in [-0.39, 0.29) is 24.1 Å². The van der Waals surface area contributed by atoms with Gasteiger partial charge in [0.1, 0.15) is 18.1 Å². The molecule has 0 saturated heterocycles. The SMILES string of the molecule is COc1cc(F)ccc1-c1ccc(=O)n(CC(=O)NC2CCCCCCC2)n1. The van der Waals surface area contributed by atoms with Crippen LogP contribution in [0.15, 0.2) is 35.1 Å². The molecule has 1 heterocycles. The summed E-state index contributed by atoms with van der Waals surface area (Å²) in [5.41, 5.74) is 0.630. The maximum absolute atomic E-state index is 13.4. The fourth-order valence-corrected chi connectivity index (χ4v) is 3.59. The van der Waals surface area contributed by atoms with Crippen LogP contribution in [0.1, 0.15) is 44.9 Å². The van der Waals surface area contributed by atoms with Crippen LogP contribution in [-0.4, -0.2) is 28.8 Å². The van der Waals surface area contributed by atoms with Crippen molar-refractivity contribution in [3.63, 3.8) is 0 Å². The molecule has 1 aliphatic carbocycles. The summed E-state index contributed by atoms with van der Waals surface area (Å²) in [4.78, 5) is 24.6. The van der Waals surface area contributed by atoms with Crippen molar-refractivity contribution in [1.82, 2.24) is 15.1 Å². The molecule has 0 bridgehead atoms. The van der Waals surface area contributed by atoms with Crippen molar-refractivity contribution >= 4 is 5.91 Å². The predicted molar refractivity (Wildman–Crippen MR) is 105 cm³/mol. The molecule has 0 atom stereocenters. The highest BCUT2D eigenvalue weighted by molar-refractivity contribution is 5.76. The molecule has 0 radical (unpaired) electrons. The molecule has 1 saturated carbocycles. The van der Waals surface area contributed by atoms with Gasteiger partial charge in [0.2, 0.25) is 5.91 Å². The summed E-state index contributed by atoms with van der Waals surface area (Å²) in [5.74, 6) is -0.326. The van der Waals surface area contributed by atoms with E-state index in [1.54, 1.807) is 12.1 Å². The Morgan fingerprint density at radius 3 is 2.61 bits per heavy atom. The number of nitrogens with zero attached hydrogens (tertiary/aromatic N) is 2. The molecule has 0 spiro atoms. The Morgan fingerprint density at radius 1 is 1.18 bits per heavy atom. The van der Waals surface area contributed by atoms with Crippen molar-refractivity contribution in [1.29, 1.82) is 0 Å². The topological polar surface area (TPSA) is 73.2 Å². The highest BCUT2D eigenvalue weighted by atomic mass is 19.1. The molecule has 1 amide bonds. The zero-order valence-electron chi connectivity index (χ0n) is 16.1. The summed E-state index contributed by atoms with van der Waals surface area (Å²) in [5, 5.41) is 7.33. The number of ether oxygens (including phenoxy) is 1. The van der Waals surface area contributed by atoms with Gasteiger partial charge in [0.25, 0.3) is 5.56 Å². The lowest BCUT2D eigenvalue weighted by atomic mass is 9.97. The van der Waals surface area contributed by atoms with Gasteiger partial charge in [-0.05, 0) is 31.0 Å². The van der Waals surface area contributed by atoms with Gasteiger partial charge in [0, 0.05) is 23.7 Å². The number of carbonyl (C=O) groups excluding carboxylic acids is 1. The van der Waals surface area contributed by atoms with Gasteiger partial charge >= 0.3 is 0 Å². The summed E-state index contributed by atoms with van der Waals surface area (Å²) in [6.45, 7) is -0.146. The second-order valence-corrected chi connectivity index (χ2v) is 7.17. The van der Waals surface area contributed by atoms with Gasteiger partial charge in [-0.3, -0.25) is 9.59 Å². The number of aromatic nitrogens is 2. The van der Waals surface area contributed by atoms with Crippen molar-refractivity contribution in [3.8, 4) is 17.0 Å². The average molecular weight is 387 g/mol. The van der Waals surface area contributed by atoms with Crippen LogP contribution in [0, 0.1) is 5.82 Å². The van der Waals surface area contributed by atoms with Crippen LogP contribution in [0.3, 0.4) is 0 Å². The van der Waals surface area contributed by atoms with Gasteiger partial charge in [-0.1, -0.05) is 32.1 Å². The van der Waals surface area contributed by atoms with Crippen molar-refractivity contribution in [3.05, 3.63) is 46.5 Å². The number of hydrogen-bond donors (Lipinski definition) is 1. The molecule has 0 unspecified atom stereocenters. The van der Waals surface area contributed by atoms with Crippen LogP contribution in [0.25, 0.3) is 11.3 Å². The summed E-state index contributed by atoms with van der Waals surface area (Å²) in [6.07, 6.45) is 7.84. The van der Waals surface area contributed by atoms with Gasteiger partial charge in [0.15, 0.2) is 0 Å². The zero-order chi connectivity index (χ0) is 19.9. The van der Waals surface area contributed by atoms with Crippen LogP contribution in [0.2, 0.25) is 0 Å². The van der Waals surface area contributed by atoms with Crippen LogP contribution < -0.4 is 15.6 Å². The minimum atomic E-state index is -0.424. The zero-order valence-corrected chi connectivity index (χ0v) is 16.1. The molecule has 150 valence electrons. The number of carbonyl (C=O) groups is 1. The minimum absolute atomic E-state index is 0.146. The van der Waals surface area contributed by atoms with Gasteiger partial charge in [-0.2, -0.15) is 5.10 Å². The van der Waals surface area contributed by atoms with Crippen LogP contribution in [0.4, 0.5) is 4.39 Å². The molecule has 2 aromatic rings. The number of halogens is 1. The molecular formula is C21H26FN3O3. The first-order valence-corrected chi connectivity index (χ1v) is 9.78. The van der Waals surface area contributed by atoms with Gasteiger partial charge < -0.3 is 10.1 Å². The first kappa shape index (κ1) is 20.0. The quantitative estimate of drug-likeness (QED) is 0.854. The molecule has 28 heavy (non-hydrogen) atoms. The Bertz CT molecular complexity index is 873. The third kappa shape index (κ3) is 5.18. The summed E-state index contributed by atoms with van der Waals surface area (Å²) < 4.78 is 19.8. The van der Waals surface area contributed by atoms with Crippen molar-refractivity contribution < 1.29 is 13.9 Å². The molecule has 1 aromatic carbocycles. The standard InChI is InChI=1S/C21H26FN3O3/c1-28-19-13-15(22)9-10-17(19)18-11-12-21(27)25(24-18)14-20(26)23-16-7-5-3-2-4-6-8-16/h9-13,16H,2-8,14H2,1H3,(H,23,26). The predicted octanol–water partition coefficient (Wildman–Crippen LogP) is 3.29. The highest BCUT2D eigenvalue weighted by Crippen LogP contribution is 2.28. The normalized spacial score (nSPS) is 15.5. The monoisotopic (exact) mass is 387 g/mol. The van der Waals surface area contributed by atoms with Crippen LogP contribution in [0.5, 0.6) is 5.75 Å². The number of amides is 1. The molecule has 3 rings (SSSR count). The van der Waals surface area contributed by atoms with E-state index in [0.29, 0.717) is 17.0 Å². The van der Waals surface area contributed by atoms with E-state index >= 15 is 0 Å². The Hall–Kier alpha value is -2.70. The molecule has 0 aliphatic heterocycles. The lowest BCUT2D eigenvalue weighted by Gasteiger charge is -2.21. The van der Waals surface area contributed by atoms with E-state index in [9.17, 15) is 14.0 Å².